The van der Waals surface area contributed by atoms with Crippen LogP contribution in [0.1, 0.15) is 128 Å². The fraction of sp³-hybridized carbons (Fsp3) is 0.591. The maximum absolute atomic E-state index is 11.9. The van der Waals surface area contributed by atoms with Crippen LogP contribution in [0.3, 0.4) is 0 Å². The predicted molar refractivity (Wildman–Crippen MR) is 230 cm³/mol. The van der Waals surface area contributed by atoms with E-state index in [4.69, 9.17) is 4.43 Å². The van der Waals surface area contributed by atoms with Crippen molar-refractivity contribution in [2.75, 3.05) is 30.6 Å². The van der Waals surface area contributed by atoms with Gasteiger partial charge in [-0.1, -0.05) is 95.0 Å². The second-order valence-electron chi connectivity index (χ2n) is 17.2. The van der Waals surface area contributed by atoms with Gasteiger partial charge in [-0.2, -0.15) is 0 Å². The highest BCUT2D eigenvalue weighted by molar-refractivity contribution is 7.92. The highest BCUT2D eigenvalue weighted by Gasteiger charge is 2.39. The topological polar surface area (TPSA) is 111 Å². The molecule has 0 bridgehead atoms. The molecule has 0 saturated heterocycles. The molecule has 0 fully saturated rings. The van der Waals surface area contributed by atoms with Crippen molar-refractivity contribution in [2.45, 2.75) is 142 Å². The molecule has 3 aromatic rings. The molecule has 2 unspecified atom stereocenters. The van der Waals surface area contributed by atoms with E-state index >= 15 is 0 Å². The molecule has 3 aromatic carbocycles. The lowest BCUT2D eigenvalue weighted by Crippen LogP contribution is -2.43. The van der Waals surface area contributed by atoms with Crippen molar-refractivity contribution >= 4 is 24.0 Å². The van der Waals surface area contributed by atoms with Crippen molar-refractivity contribution in [3.8, 4) is 11.5 Å². The molecule has 3 rings (SSSR count). The van der Waals surface area contributed by atoms with E-state index in [1.165, 1.54) is 36.5 Å². The summed E-state index contributed by atoms with van der Waals surface area (Å²) in [6.45, 7) is 22.5. The van der Waals surface area contributed by atoms with Gasteiger partial charge in [-0.05, 0) is 119 Å². The molecule has 0 aliphatic carbocycles. The highest BCUT2D eigenvalue weighted by Crippen LogP contribution is 2.41. The van der Waals surface area contributed by atoms with E-state index < -0.39 is 18.3 Å². The molecular weight excluding hydrogens is 711 g/mol. The van der Waals surface area contributed by atoms with Gasteiger partial charge >= 0.3 is 0 Å². The summed E-state index contributed by atoms with van der Waals surface area (Å²) in [6, 6.07) is 22.8. The van der Waals surface area contributed by atoms with Crippen molar-refractivity contribution < 1.29 is 23.1 Å². The van der Waals surface area contributed by atoms with Crippen molar-refractivity contribution in [3.63, 3.8) is 0 Å². The Bertz CT molecular complexity index is 1670. The lowest BCUT2D eigenvalue weighted by molar-refractivity contribution is 0.170. The molecule has 0 spiro atoms. The third-order valence-corrected chi connectivity index (χ3v) is 16.1. The van der Waals surface area contributed by atoms with E-state index in [0.717, 1.165) is 62.6 Å². The standard InChI is InChI=1S/C44H71N3O5SSi/c1-33(2)47(34(3)4)29-27-38(36-21-17-15-18-22-36)39-30-35(23-25-41(39)48)20-16-13-11-12-14-19-28-45-32-43(52-54(9,10)44(5,6)7)37-24-26-42(49)40(31-37)46-53(8,50)51/h15,17-18,21-26,30-31,33-34,38,43,45-46,48-49H,11-14,16,19-20,27-29,32H2,1-10H3. The summed E-state index contributed by atoms with van der Waals surface area (Å²) in [4.78, 5) is 2.53. The van der Waals surface area contributed by atoms with Crippen LogP contribution in [-0.4, -0.2) is 69.8 Å². The Morgan fingerprint density at radius 3 is 2.02 bits per heavy atom. The molecule has 0 aromatic heterocycles. The average molecular weight is 782 g/mol. The summed E-state index contributed by atoms with van der Waals surface area (Å²) < 4.78 is 33.0. The molecular formula is C44H71N3O5SSi. The van der Waals surface area contributed by atoms with Gasteiger partial charge < -0.3 is 20.0 Å². The average Bonchev–Trinajstić information content (AvgIpc) is 3.07. The van der Waals surface area contributed by atoms with Gasteiger partial charge in [0.2, 0.25) is 10.0 Å². The molecule has 0 radical (unpaired) electrons. The number of nitrogens with one attached hydrogen (secondary N) is 2. The lowest BCUT2D eigenvalue weighted by atomic mass is 9.86. The Kier molecular flexibility index (Phi) is 17.6. The molecule has 2 atom stereocenters. The fourth-order valence-corrected chi connectivity index (χ4v) is 8.78. The summed E-state index contributed by atoms with van der Waals surface area (Å²) in [6.07, 6.45) is 9.66. The third kappa shape index (κ3) is 14.6. The maximum Gasteiger partial charge on any atom is 0.229 e. The van der Waals surface area contributed by atoms with Crippen LogP contribution in [0, 0.1) is 0 Å². The predicted octanol–water partition coefficient (Wildman–Crippen LogP) is 10.3. The summed E-state index contributed by atoms with van der Waals surface area (Å²) in [5.41, 5.74) is 4.57. The Morgan fingerprint density at radius 2 is 1.41 bits per heavy atom. The molecule has 0 saturated carbocycles. The summed E-state index contributed by atoms with van der Waals surface area (Å²) in [5.74, 6) is 0.416. The molecule has 8 nitrogen and oxygen atoms in total. The van der Waals surface area contributed by atoms with E-state index in [0.29, 0.717) is 24.4 Å². The maximum atomic E-state index is 11.9. The number of benzene rings is 3. The van der Waals surface area contributed by atoms with Crippen molar-refractivity contribution in [1.29, 1.82) is 0 Å². The Balaban J connectivity index is 1.50. The first kappa shape index (κ1) is 45.5. The molecule has 10 heteroatoms. The quantitative estimate of drug-likeness (QED) is 0.0431. The van der Waals surface area contributed by atoms with Crippen molar-refractivity contribution in [2.24, 2.45) is 0 Å². The highest BCUT2D eigenvalue weighted by atomic mass is 32.2. The van der Waals surface area contributed by atoms with Crippen LogP contribution >= 0.6 is 0 Å². The summed E-state index contributed by atoms with van der Waals surface area (Å²) >= 11 is 0. The first-order chi connectivity index (χ1) is 25.3. The number of unbranched alkanes of at least 4 members (excludes halogenated alkanes) is 5. The zero-order chi connectivity index (χ0) is 40.1. The first-order valence-corrected chi connectivity index (χ1v) is 24.9. The van der Waals surface area contributed by atoms with Gasteiger partial charge in [-0.25, -0.2) is 8.42 Å². The SMILES string of the molecule is CC(C)N(CCC(c1ccccc1)c1cc(CCCCCCCCNCC(O[Si](C)(C)C(C)(C)C)c2ccc(O)c(NS(C)(=O)=O)c2)ccc1O)C(C)C. The molecule has 0 heterocycles. The summed E-state index contributed by atoms with van der Waals surface area (Å²) in [5, 5.41) is 25.0. The van der Waals surface area contributed by atoms with Gasteiger partial charge in [0.1, 0.15) is 11.5 Å². The van der Waals surface area contributed by atoms with Crippen molar-refractivity contribution in [3.05, 3.63) is 89.0 Å². The molecule has 0 aliphatic heterocycles. The van der Waals surface area contributed by atoms with E-state index in [1.807, 2.05) is 12.1 Å². The molecule has 54 heavy (non-hydrogen) atoms. The van der Waals surface area contributed by atoms with E-state index in [-0.39, 0.29) is 28.5 Å². The van der Waals surface area contributed by atoms with Crippen LogP contribution < -0.4 is 10.0 Å². The smallest absolute Gasteiger partial charge is 0.229 e. The number of hydrogen-bond donors (Lipinski definition) is 4. The Labute approximate surface area is 329 Å². The van der Waals surface area contributed by atoms with Crippen LogP contribution in [0.5, 0.6) is 11.5 Å². The van der Waals surface area contributed by atoms with Gasteiger partial charge in [0.25, 0.3) is 0 Å². The van der Waals surface area contributed by atoms with Crippen LogP contribution in [0.2, 0.25) is 18.1 Å². The minimum atomic E-state index is -3.54. The van der Waals surface area contributed by atoms with Crippen LogP contribution in [-0.2, 0) is 20.9 Å². The number of rotatable bonds is 23. The normalized spacial score (nSPS) is 13.9. The van der Waals surface area contributed by atoms with E-state index in [2.05, 4.69) is 119 Å². The monoisotopic (exact) mass is 781 g/mol. The van der Waals surface area contributed by atoms with Crippen LogP contribution in [0.25, 0.3) is 0 Å². The number of phenolic OH excluding ortho intramolecular Hbond substituents is 2. The van der Waals surface area contributed by atoms with Gasteiger partial charge in [0, 0.05) is 30.1 Å². The number of sulfonamides is 1. The lowest BCUT2D eigenvalue weighted by Gasteiger charge is -2.39. The van der Waals surface area contributed by atoms with Gasteiger partial charge in [-0.3, -0.25) is 9.62 Å². The number of anilines is 1. The van der Waals surface area contributed by atoms with E-state index in [1.54, 1.807) is 6.07 Å². The fourth-order valence-electron chi connectivity index (χ4n) is 6.93. The number of phenols is 2. The molecule has 4 N–H and O–H groups in total. The van der Waals surface area contributed by atoms with Crippen molar-refractivity contribution in [1.82, 2.24) is 10.2 Å². The second kappa shape index (κ2) is 20.9. The molecule has 0 amide bonds. The summed E-state index contributed by atoms with van der Waals surface area (Å²) in [7, 11) is -5.69. The minimum absolute atomic E-state index is 0.00809. The number of hydrogen-bond acceptors (Lipinski definition) is 7. The Hall–Kier alpha value is -2.89. The van der Waals surface area contributed by atoms with Gasteiger partial charge in [0.15, 0.2) is 8.32 Å². The zero-order valence-electron chi connectivity index (χ0n) is 34.9. The number of nitrogens with zero attached hydrogens (tertiary/aromatic N) is 1. The van der Waals surface area contributed by atoms with Crippen LogP contribution in [0.4, 0.5) is 5.69 Å². The molecule has 0 aliphatic rings. The zero-order valence-corrected chi connectivity index (χ0v) is 36.7. The second-order valence-corrected chi connectivity index (χ2v) is 23.7. The number of aryl methyl sites for hydroxylation is 1. The Morgan fingerprint density at radius 1 is 0.796 bits per heavy atom. The largest absolute Gasteiger partial charge is 0.508 e. The minimum Gasteiger partial charge on any atom is -0.508 e. The van der Waals surface area contributed by atoms with E-state index in [9.17, 15) is 18.6 Å². The van der Waals surface area contributed by atoms with Gasteiger partial charge in [-0.15, -0.1) is 0 Å². The van der Waals surface area contributed by atoms with Crippen LogP contribution in [0.15, 0.2) is 66.7 Å². The number of aromatic hydroxyl groups is 2. The van der Waals surface area contributed by atoms with Gasteiger partial charge in [0.05, 0.1) is 18.0 Å². The third-order valence-electron chi connectivity index (χ3n) is 11.0. The molecule has 302 valence electrons. The first-order valence-electron chi connectivity index (χ1n) is 20.1.